The van der Waals surface area contributed by atoms with Crippen LogP contribution in [-0.2, 0) is 0 Å². The zero-order valence-electron chi connectivity index (χ0n) is 11.4. The van der Waals surface area contributed by atoms with Gasteiger partial charge in [-0.2, -0.15) is 0 Å². The van der Waals surface area contributed by atoms with E-state index in [2.05, 4.69) is 5.32 Å². The molecule has 0 atom stereocenters. The van der Waals surface area contributed by atoms with Gasteiger partial charge >= 0.3 is 0 Å². The fraction of sp³-hybridized carbons (Fsp3) is 0.462. The Balaban J connectivity index is 0.00000200. The number of halogens is 3. The number of nitrogens with zero attached hydrogens (tertiary/aromatic N) is 2. The maximum absolute atomic E-state index is 13.9. The molecule has 0 bridgehead atoms. The number of piperazine rings is 1. The maximum atomic E-state index is 13.9. The summed E-state index contributed by atoms with van der Waals surface area (Å²) in [5.41, 5.74) is -0.0179. The summed E-state index contributed by atoms with van der Waals surface area (Å²) in [7, 11) is 2.93. The van der Waals surface area contributed by atoms with Crippen LogP contribution in [-0.4, -0.2) is 51.1 Å². The van der Waals surface area contributed by atoms with Gasteiger partial charge in [-0.15, -0.1) is 12.4 Å². The van der Waals surface area contributed by atoms with Crippen molar-refractivity contribution in [2.24, 2.45) is 0 Å². The lowest BCUT2D eigenvalue weighted by Gasteiger charge is -2.29. The van der Waals surface area contributed by atoms with Crippen molar-refractivity contribution in [3.05, 3.63) is 29.3 Å². The average Bonchev–Trinajstić information content (AvgIpc) is 2.38. The molecule has 4 nitrogen and oxygen atoms in total. The molecule has 1 aliphatic heterocycles. The van der Waals surface area contributed by atoms with E-state index in [1.54, 1.807) is 0 Å². The third-order valence-electron chi connectivity index (χ3n) is 3.13. The van der Waals surface area contributed by atoms with Gasteiger partial charge in [0.05, 0.1) is 0 Å². The molecule has 1 amide bonds. The minimum atomic E-state index is -0.813. The van der Waals surface area contributed by atoms with E-state index in [0.717, 1.165) is 18.0 Å². The zero-order valence-corrected chi connectivity index (χ0v) is 12.3. The summed E-state index contributed by atoms with van der Waals surface area (Å²) < 4.78 is 27.9. The van der Waals surface area contributed by atoms with Crippen molar-refractivity contribution in [2.75, 3.05) is 45.2 Å². The van der Waals surface area contributed by atoms with Crippen LogP contribution in [0.1, 0.15) is 10.4 Å². The van der Waals surface area contributed by atoms with Gasteiger partial charge in [0.15, 0.2) is 0 Å². The molecular formula is C13H18ClF2N3O. The molecule has 1 aromatic carbocycles. The molecule has 1 aromatic rings. The summed E-state index contributed by atoms with van der Waals surface area (Å²) in [6.45, 7) is 2.95. The van der Waals surface area contributed by atoms with Gasteiger partial charge in [-0.25, -0.2) is 8.78 Å². The summed E-state index contributed by atoms with van der Waals surface area (Å²) in [5.74, 6) is -2.29. The Kier molecular flexibility index (Phi) is 5.71. The molecule has 1 heterocycles. The average molecular weight is 306 g/mol. The van der Waals surface area contributed by atoms with Crippen molar-refractivity contribution in [2.45, 2.75) is 0 Å². The third-order valence-corrected chi connectivity index (χ3v) is 3.13. The number of carbonyl (C=O) groups excluding carboxylic acids is 1. The lowest BCUT2D eigenvalue weighted by molar-refractivity contribution is 0.0818. The van der Waals surface area contributed by atoms with Gasteiger partial charge in [-0.3, -0.25) is 4.79 Å². The monoisotopic (exact) mass is 305 g/mol. The molecule has 1 saturated heterocycles. The van der Waals surface area contributed by atoms with E-state index in [1.807, 2.05) is 4.90 Å². The minimum absolute atomic E-state index is 0. The van der Waals surface area contributed by atoms with E-state index in [1.165, 1.54) is 26.2 Å². The van der Waals surface area contributed by atoms with E-state index >= 15 is 0 Å². The molecular weight excluding hydrogens is 288 g/mol. The molecule has 1 N–H and O–H groups in total. The zero-order chi connectivity index (χ0) is 14.0. The van der Waals surface area contributed by atoms with E-state index in [9.17, 15) is 13.6 Å². The van der Waals surface area contributed by atoms with Crippen molar-refractivity contribution in [1.82, 2.24) is 10.2 Å². The first-order valence-electron chi connectivity index (χ1n) is 6.17. The van der Waals surface area contributed by atoms with Crippen LogP contribution in [0.5, 0.6) is 0 Å². The van der Waals surface area contributed by atoms with Crippen LogP contribution in [0.3, 0.4) is 0 Å². The Labute approximate surface area is 123 Å². The number of hydrogen-bond donors (Lipinski definition) is 1. The van der Waals surface area contributed by atoms with Crippen LogP contribution in [0.4, 0.5) is 14.5 Å². The molecule has 7 heteroatoms. The Bertz CT molecular complexity index is 467. The number of benzene rings is 1. The van der Waals surface area contributed by atoms with Crippen LogP contribution in [0.2, 0.25) is 0 Å². The Hall–Kier alpha value is -1.40. The number of rotatable bonds is 2. The molecule has 1 aliphatic rings. The van der Waals surface area contributed by atoms with E-state index in [-0.39, 0.29) is 12.4 Å². The van der Waals surface area contributed by atoms with Crippen LogP contribution < -0.4 is 10.2 Å². The first kappa shape index (κ1) is 16.7. The van der Waals surface area contributed by atoms with Gasteiger partial charge in [0.25, 0.3) is 5.91 Å². The quantitative estimate of drug-likeness (QED) is 0.899. The van der Waals surface area contributed by atoms with Crippen LogP contribution >= 0.6 is 12.4 Å². The highest BCUT2D eigenvalue weighted by Gasteiger charge is 2.22. The smallest absolute Gasteiger partial charge is 0.259 e. The molecule has 1 fully saturated rings. The standard InChI is InChI=1S/C13H17F2N3O.ClH/c1-17(2)13(19)12-10(14)7-9(8-11(12)15)18-5-3-16-4-6-18;/h7-8,16H,3-6H2,1-2H3;1H. The van der Waals surface area contributed by atoms with Gasteiger partial charge in [0.1, 0.15) is 17.2 Å². The van der Waals surface area contributed by atoms with Gasteiger partial charge < -0.3 is 15.1 Å². The summed E-state index contributed by atoms with van der Waals surface area (Å²) in [4.78, 5) is 14.8. The fourth-order valence-electron chi connectivity index (χ4n) is 2.09. The number of carbonyl (C=O) groups is 1. The van der Waals surface area contributed by atoms with E-state index in [4.69, 9.17) is 0 Å². The highest BCUT2D eigenvalue weighted by Crippen LogP contribution is 2.23. The summed E-state index contributed by atoms with van der Waals surface area (Å²) in [6, 6.07) is 2.45. The fourth-order valence-corrected chi connectivity index (χ4v) is 2.09. The third kappa shape index (κ3) is 3.37. The van der Waals surface area contributed by atoms with Crippen molar-refractivity contribution in [1.29, 1.82) is 0 Å². The highest BCUT2D eigenvalue weighted by molar-refractivity contribution is 5.94. The molecule has 0 aliphatic carbocycles. The second kappa shape index (κ2) is 6.85. The van der Waals surface area contributed by atoms with Crippen LogP contribution in [0.25, 0.3) is 0 Å². The van der Waals surface area contributed by atoms with Gasteiger partial charge in [-0.1, -0.05) is 0 Å². The first-order chi connectivity index (χ1) is 9.00. The molecule has 0 radical (unpaired) electrons. The second-order valence-electron chi connectivity index (χ2n) is 4.72. The number of hydrogen-bond acceptors (Lipinski definition) is 3. The van der Waals surface area contributed by atoms with Crippen molar-refractivity contribution in [3.63, 3.8) is 0 Å². The van der Waals surface area contributed by atoms with Crippen LogP contribution in [0, 0.1) is 11.6 Å². The highest BCUT2D eigenvalue weighted by atomic mass is 35.5. The second-order valence-corrected chi connectivity index (χ2v) is 4.72. The number of anilines is 1. The molecule has 20 heavy (non-hydrogen) atoms. The van der Waals surface area contributed by atoms with E-state index in [0.29, 0.717) is 18.8 Å². The minimum Gasteiger partial charge on any atom is -0.369 e. The maximum Gasteiger partial charge on any atom is 0.259 e. The molecule has 0 spiro atoms. The number of nitrogens with one attached hydrogen (secondary N) is 1. The SMILES string of the molecule is CN(C)C(=O)c1c(F)cc(N2CCNCC2)cc1F.Cl. The van der Waals surface area contributed by atoms with E-state index < -0.39 is 23.1 Å². The van der Waals surface area contributed by atoms with Crippen LogP contribution in [0.15, 0.2) is 12.1 Å². The molecule has 0 aromatic heterocycles. The first-order valence-corrected chi connectivity index (χ1v) is 6.17. The number of amides is 1. The molecule has 0 saturated carbocycles. The summed E-state index contributed by atoms with van der Waals surface area (Å²) in [5, 5.41) is 3.17. The Morgan fingerprint density at radius 3 is 2.15 bits per heavy atom. The predicted octanol–water partition coefficient (Wildman–Crippen LogP) is 1.50. The van der Waals surface area contributed by atoms with Gasteiger partial charge in [0, 0.05) is 46.0 Å². The lowest BCUT2D eigenvalue weighted by atomic mass is 10.1. The van der Waals surface area contributed by atoms with Crippen molar-refractivity contribution >= 4 is 24.0 Å². The Morgan fingerprint density at radius 2 is 1.70 bits per heavy atom. The van der Waals surface area contributed by atoms with Gasteiger partial charge in [-0.05, 0) is 12.1 Å². The van der Waals surface area contributed by atoms with Gasteiger partial charge in [0.2, 0.25) is 0 Å². The molecule has 112 valence electrons. The normalized spacial score (nSPS) is 14.7. The molecule has 2 rings (SSSR count). The predicted molar refractivity (Wildman–Crippen MR) is 76.7 cm³/mol. The van der Waals surface area contributed by atoms with Crippen molar-refractivity contribution in [3.8, 4) is 0 Å². The summed E-state index contributed by atoms with van der Waals surface area (Å²) in [6.07, 6.45) is 0. The molecule has 0 unspecified atom stereocenters. The lowest BCUT2D eigenvalue weighted by Crippen LogP contribution is -2.43. The Morgan fingerprint density at radius 1 is 1.20 bits per heavy atom. The summed E-state index contributed by atoms with van der Waals surface area (Å²) >= 11 is 0. The van der Waals surface area contributed by atoms with Crippen molar-refractivity contribution < 1.29 is 13.6 Å². The topological polar surface area (TPSA) is 35.6 Å². The largest absolute Gasteiger partial charge is 0.369 e.